The summed E-state index contributed by atoms with van der Waals surface area (Å²) in [4.78, 5) is 15.5. The van der Waals surface area contributed by atoms with Gasteiger partial charge in [0.1, 0.15) is 5.78 Å². The van der Waals surface area contributed by atoms with Gasteiger partial charge in [-0.2, -0.15) is 0 Å². The fraction of sp³-hybridized carbons (Fsp3) is 0.500. The van der Waals surface area contributed by atoms with Crippen LogP contribution in [0.15, 0.2) is 24.4 Å². The Balaban J connectivity index is 2.26. The summed E-state index contributed by atoms with van der Waals surface area (Å²) in [6.07, 6.45) is 4.28. The maximum Gasteiger partial charge on any atom is 0.135 e. The SMILES string of the molecule is CC(C)C(=O)CCCc1ccccn1. The van der Waals surface area contributed by atoms with Crippen molar-refractivity contribution in [1.29, 1.82) is 0 Å². The van der Waals surface area contributed by atoms with Gasteiger partial charge in [-0.25, -0.2) is 0 Å². The zero-order chi connectivity index (χ0) is 10.4. The minimum atomic E-state index is 0.165. The van der Waals surface area contributed by atoms with Gasteiger partial charge in [0.05, 0.1) is 0 Å². The van der Waals surface area contributed by atoms with Crippen LogP contribution in [0.5, 0.6) is 0 Å². The van der Waals surface area contributed by atoms with Crippen LogP contribution in [-0.4, -0.2) is 10.8 Å². The molecule has 1 heterocycles. The summed E-state index contributed by atoms with van der Waals surface area (Å²) < 4.78 is 0. The van der Waals surface area contributed by atoms with E-state index in [1.807, 2.05) is 32.0 Å². The van der Waals surface area contributed by atoms with Gasteiger partial charge in [-0.3, -0.25) is 9.78 Å². The first-order valence-corrected chi connectivity index (χ1v) is 5.13. The summed E-state index contributed by atoms with van der Waals surface area (Å²) in [5.41, 5.74) is 1.07. The molecule has 0 aliphatic heterocycles. The van der Waals surface area contributed by atoms with E-state index < -0.39 is 0 Å². The van der Waals surface area contributed by atoms with Gasteiger partial charge in [0.15, 0.2) is 0 Å². The van der Waals surface area contributed by atoms with Crippen molar-refractivity contribution >= 4 is 5.78 Å². The average Bonchev–Trinajstić information content (AvgIpc) is 2.19. The third kappa shape index (κ3) is 3.69. The van der Waals surface area contributed by atoms with Gasteiger partial charge >= 0.3 is 0 Å². The molecule has 0 unspecified atom stereocenters. The molecule has 1 rings (SSSR count). The Morgan fingerprint density at radius 1 is 1.43 bits per heavy atom. The molecule has 2 nitrogen and oxygen atoms in total. The molecular weight excluding hydrogens is 174 g/mol. The van der Waals surface area contributed by atoms with Crippen LogP contribution in [0.1, 0.15) is 32.4 Å². The number of ketones is 1. The normalized spacial score (nSPS) is 10.5. The Bertz CT molecular complexity index is 280. The molecule has 0 radical (unpaired) electrons. The standard InChI is InChI=1S/C12H17NO/c1-10(2)12(14)8-5-7-11-6-3-4-9-13-11/h3-4,6,9-10H,5,7-8H2,1-2H3. The van der Waals surface area contributed by atoms with E-state index in [1.54, 1.807) is 6.20 Å². The summed E-state index contributed by atoms with van der Waals surface area (Å²) >= 11 is 0. The summed E-state index contributed by atoms with van der Waals surface area (Å²) in [5.74, 6) is 0.514. The first-order valence-electron chi connectivity index (χ1n) is 5.13. The Morgan fingerprint density at radius 3 is 2.79 bits per heavy atom. The number of aromatic nitrogens is 1. The maximum atomic E-state index is 11.3. The number of rotatable bonds is 5. The van der Waals surface area contributed by atoms with E-state index in [4.69, 9.17) is 0 Å². The molecule has 14 heavy (non-hydrogen) atoms. The lowest BCUT2D eigenvalue weighted by atomic mass is 10.0. The third-order valence-corrected chi connectivity index (χ3v) is 2.23. The van der Waals surface area contributed by atoms with Crippen LogP contribution in [0.25, 0.3) is 0 Å². The number of carbonyl (C=O) groups excluding carboxylic acids is 1. The van der Waals surface area contributed by atoms with Gasteiger partial charge in [0, 0.05) is 24.2 Å². The first kappa shape index (κ1) is 10.9. The minimum absolute atomic E-state index is 0.165. The number of carbonyl (C=O) groups is 1. The summed E-state index contributed by atoms with van der Waals surface area (Å²) in [6, 6.07) is 5.88. The molecule has 0 aliphatic rings. The van der Waals surface area contributed by atoms with E-state index >= 15 is 0 Å². The number of pyridine rings is 1. The second-order valence-corrected chi connectivity index (χ2v) is 3.80. The highest BCUT2D eigenvalue weighted by Gasteiger charge is 2.06. The van der Waals surface area contributed by atoms with Gasteiger partial charge in [-0.05, 0) is 25.0 Å². The van der Waals surface area contributed by atoms with E-state index in [0.29, 0.717) is 12.2 Å². The average molecular weight is 191 g/mol. The molecular formula is C12H17NO. The van der Waals surface area contributed by atoms with Crippen LogP contribution in [0.2, 0.25) is 0 Å². The second kappa shape index (κ2) is 5.53. The molecule has 0 atom stereocenters. The fourth-order valence-electron chi connectivity index (χ4n) is 1.28. The highest BCUT2D eigenvalue weighted by molar-refractivity contribution is 5.80. The molecule has 2 heteroatoms. The fourth-order valence-corrected chi connectivity index (χ4v) is 1.28. The van der Waals surface area contributed by atoms with Crippen molar-refractivity contribution in [3.8, 4) is 0 Å². The highest BCUT2D eigenvalue weighted by Crippen LogP contribution is 2.05. The van der Waals surface area contributed by atoms with Gasteiger partial charge in [0.2, 0.25) is 0 Å². The van der Waals surface area contributed by atoms with Crippen LogP contribution in [0, 0.1) is 5.92 Å². The van der Waals surface area contributed by atoms with Crippen LogP contribution in [0.4, 0.5) is 0 Å². The maximum absolute atomic E-state index is 11.3. The smallest absolute Gasteiger partial charge is 0.135 e. The van der Waals surface area contributed by atoms with E-state index in [2.05, 4.69) is 4.98 Å². The molecule has 1 aromatic heterocycles. The largest absolute Gasteiger partial charge is 0.299 e. The number of hydrogen-bond donors (Lipinski definition) is 0. The minimum Gasteiger partial charge on any atom is -0.299 e. The lowest BCUT2D eigenvalue weighted by Crippen LogP contribution is -2.06. The van der Waals surface area contributed by atoms with Crippen molar-refractivity contribution in [2.75, 3.05) is 0 Å². The van der Waals surface area contributed by atoms with Crippen molar-refractivity contribution in [2.45, 2.75) is 33.1 Å². The molecule has 0 aromatic carbocycles. The van der Waals surface area contributed by atoms with Crippen molar-refractivity contribution < 1.29 is 4.79 Å². The van der Waals surface area contributed by atoms with E-state index in [-0.39, 0.29) is 5.92 Å². The second-order valence-electron chi connectivity index (χ2n) is 3.80. The monoisotopic (exact) mass is 191 g/mol. The van der Waals surface area contributed by atoms with Gasteiger partial charge in [-0.1, -0.05) is 19.9 Å². The molecule has 0 N–H and O–H groups in total. The Kier molecular flexibility index (Phi) is 4.30. The molecule has 0 saturated heterocycles. The van der Waals surface area contributed by atoms with Crippen LogP contribution in [-0.2, 0) is 11.2 Å². The van der Waals surface area contributed by atoms with Crippen molar-refractivity contribution in [2.24, 2.45) is 5.92 Å². The number of aryl methyl sites for hydroxylation is 1. The predicted molar refractivity (Wildman–Crippen MR) is 57.0 cm³/mol. The molecule has 0 saturated carbocycles. The van der Waals surface area contributed by atoms with E-state index in [1.165, 1.54) is 0 Å². The molecule has 1 aromatic rings. The first-order chi connectivity index (χ1) is 6.70. The van der Waals surface area contributed by atoms with Gasteiger partial charge < -0.3 is 0 Å². The van der Waals surface area contributed by atoms with Crippen molar-refractivity contribution in [3.05, 3.63) is 30.1 Å². The Hall–Kier alpha value is -1.18. The Labute approximate surface area is 85.4 Å². The predicted octanol–water partition coefficient (Wildman–Crippen LogP) is 2.63. The molecule has 0 spiro atoms. The van der Waals surface area contributed by atoms with Crippen LogP contribution < -0.4 is 0 Å². The summed E-state index contributed by atoms with van der Waals surface area (Å²) in [5, 5.41) is 0. The van der Waals surface area contributed by atoms with Gasteiger partial charge in [-0.15, -0.1) is 0 Å². The third-order valence-electron chi connectivity index (χ3n) is 2.23. The van der Waals surface area contributed by atoms with Crippen LogP contribution >= 0.6 is 0 Å². The molecule has 76 valence electrons. The highest BCUT2D eigenvalue weighted by atomic mass is 16.1. The summed E-state index contributed by atoms with van der Waals surface area (Å²) in [6.45, 7) is 3.90. The molecule has 0 aliphatic carbocycles. The Morgan fingerprint density at radius 2 is 2.21 bits per heavy atom. The zero-order valence-electron chi connectivity index (χ0n) is 8.86. The lowest BCUT2D eigenvalue weighted by molar-refractivity contribution is -0.121. The van der Waals surface area contributed by atoms with Crippen LogP contribution in [0.3, 0.4) is 0 Å². The quantitative estimate of drug-likeness (QED) is 0.716. The summed E-state index contributed by atoms with van der Waals surface area (Å²) in [7, 11) is 0. The van der Waals surface area contributed by atoms with Crippen molar-refractivity contribution in [3.63, 3.8) is 0 Å². The lowest BCUT2D eigenvalue weighted by Gasteiger charge is -2.03. The van der Waals surface area contributed by atoms with Crippen molar-refractivity contribution in [1.82, 2.24) is 4.98 Å². The topological polar surface area (TPSA) is 30.0 Å². The molecule has 0 fully saturated rings. The molecule has 0 bridgehead atoms. The van der Waals surface area contributed by atoms with E-state index in [9.17, 15) is 4.79 Å². The van der Waals surface area contributed by atoms with Gasteiger partial charge in [0.25, 0.3) is 0 Å². The number of hydrogen-bond acceptors (Lipinski definition) is 2. The van der Waals surface area contributed by atoms with E-state index in [0.717, 1.165) is 18.5 Å². The number of nitrogens with zero attached hydrogens (tertiary/aromatic N) is 1. The number of Topliss-reactive ketones (excluding diaryl/α,β-unsaturated/α-hetero) is 1. The zero-order valence-corrected chi connectivity index (χ0v) is 8.86. The molecule has 0 amide bonds.